The van der Waals surface area contributed by atoms with Crippen LogP contribution >= 0.6 is 0 Å². The van der Waals surface area contributed by atoms with Crippen molar-refractivity contribution in [2.45, 2.75) is 47.1 Å². The molecule has 0 radical (unpaired) electrons. The summed E-state index contributed by atoms with van der Waals surface area (Å²) >= 11 is 0. The molecule has 80 valence electrons. The minimum atomic E-state index is 0.226. The summed E-state index contributed by atoms with van der Waals surface area (Å²) in [5, 5.41) is 12.1. The number of aliphatic hydroxyl groups excluding tert-OH is 1. The van der Waals surface area contributed by atoms with E-state index in [0.717, 1.165) is 6.54 Å². The number of rotatable bonds is 5. The summed E-state index contributed by atoms with van der Waals surface area (Å²) in [4.78, 5) is 0. The lowest BCUT2D eigenvalue weighted by molar-refractivity contribution is 0.225. The number of hydrogen-bond donors (Lipinski definition) is 2. The Balaban J connectivity index is 3.54. The van der Waals surface area contributed by atoms with Crippen molar-refractivity contribution in [2.75, 3.05) is 13.2 Å². The molecule has 0 aliphatic heterocycles. The molecule has 2 heteroatoms. The SMILES string of the molecule is CC(CO)NCCC(C)C(C)(C)C. The van der Waals surface area contributed by atoms with E-state index in [1.165, 1.54) is 6.42 Å². The first kappa shape index (κ1) is 12.9. The van der Waals surface area contributed by atoms with Crippen LogP contribution in [0.15, 0.2) is 0 Å². The van der Waals surface area contributed by atoms with Gasteiger partial charge < -0.3 is 10.4 Å². The van der Waals surface area contributed by atoms with Gasteiger partial charge >= 0.3 is 0 Å². The quantitative estimate of drug-likeness (QED) is 0.690. The average molecular weight is 187 g/mol. The van der Waals surface area contributed by atoms with Gasteiger partial charge in [0.2, 0.25) is 0 Å². The van der Waals surface area contributed by atoms with Gasteiger partial charge in [0, 0.05) is 6.04 Å². The summed E-state index contributed by atoms with van der Waals surface area (Å²) < 4.78 is 0. The van der Waals surface area contributed by atoms with Crippen LogP contribution in [0.2, 0.25) is 0 Å². The second-order valence-electron chi connectivity index (χ2n) is 5.09. The predicted octanol–water partition coefficient (Wildman–Crippen LogP) is 2.03. The molecule has 0 aromatic carbocycles. The van der Waals surface area contributed by atoms with E-state index < -0.39 is 0 Å². The lowest BCUT2D eigenvalue weighted by atomic mass is 9.80. The molecule has 0 spiro atoms. The molecule has 0 aliphatic rings. The van der Waals surface area contributed by atoms with Crippen LogP contribution in [0, 0.1) is 11.3 Å². The largest absolute Gasteiger partial charge is 0.395 e. The van der Waals surface area contributed by atoms with E-state index in [0.29, 0.717) is 11.3 Å². The van der Waals surface area contributed by atoms with Crippen LogP contribution in [0.3, 0.4) is 0 Å². The highest BCUT2D eigenvalue weighted by Gasteiger charge is 2.19. The zero-order valence-corrected chi connectivity index (χ0v) is 9.72. The van der Waals surface area contributed by atoms with Crippen molar-refractivity contribution in [3.63, 3.8) is 0 Å². The second kappa shape index (κ2) is 5.61. The van der Waals surface area contributed by atoms with E-state index >= 15 is 0 Å². The van der Waals surface area contributed by atoms with Gasteiger partial charge in [-0.05, 0) is 31.2 Å². The lowest BCUT2D eigenvalue weighted by Gasteiger charge is -2.27. The molecule has 0 bridgehead atoms. The molecule has 0 saturated heterocycles. The molecule has 2 atom stereocenters. The first-order valence-electron chi connectivity index (χ1n) is 5.22. The molecule has 2 nitrogen and oxygen atoms in total. The molecule has 2 N–H and O–H groups in total. The Kier molecular flexibility index (Phi) is 5.57. The normalized spacial score (nSPS) is 17.1. The third-order valence-electron chi connectivity index (χ3n) is 2.82. The Morgan fingerprint density at radius 3 is 2.15 bits per heavy atom. The smallest absolute Gasteiger partial charge is 0.0581 e. The number of nitrogens with one attached hydrogen (secondary N) is 1. The molecule has 13 heavy (non-hydrogen) atoms. The van der Waals surface area contributed by atoms with Crippen LogP contribution in [0.25, 0.3) is 0 Å². The van der Waals surface area contributed by atoms with Crippen LogP contribution in [0.1, 0.15) is 41.0 Å². The predicted molar refractivity (Wildman–Crippen MR) is 57.8 cm³/mol. The van der Waals surface area contributed by atoms with Gasteiger partial charge in [0.15, 0.2) is 0 Å². The van der Waals surface area contributed by atoms with E-state index in [1.807, 2.05) is 6.92 Å². The molecule has 0 heterocycles. The van der Waals surface area contributed by atoms with Crippen molar-refractivity contribution in [2.24, 2.45) is 11.3 Å². The van der Waals surface area contributed by atoms with Crippen LogP contribution in [-0.2, 0) is 0 Å². The molecule has 0 aliphatic carbocycles. The Bertz CT molecular complexity index is 129. The molecule has 0 amide bonds. The van der Waals surface area contributed by atoms with Gasteiger partial charge in [-0.1, -0.05) is 27.7 Å². The minimum absolute atomic E-state index is 0.226. The highest BCUT2D eigenvalue weighted by Crippen LogP contribution is 2.27. The maximum Gasteiger partial charge on any atom is 0.0581 e. The fourth-order valence-electron chi connectivity index (χ4n) is 1.04. The molecule has 2 unspecified atom stereocenters. The van der Waals surface area contributed by atoms with Crippen LogP contribution in [0.5, 0.6) is 0 Å². The molecule has 0 aromatic rings. The summed E-state index contributed by atoms with van der Waals surface area (Å²) in [6.45, 7) is 12.3. The van der Waals surface area contributed by atoms with Gasteiger partial charge in [0.1, 0.15) is 0 Å². The topological polar surface area (TPSA) is 32.3 Å². The highest BCUT2D eigenvalue weighted by molar-refractivity contribution is 4.71. The molecule has 0 saturated carbocycles. The first-order chi connectivity index (χ1) is 5.88. The van der Waals surface area contributed by atoms with Gasteiger partial charge in [-0.2, -0.15) is 0 Å². The van der Waals surface area contributed by atoms with Crippen LogP contribution in [-0.4, -0.2) is 24.3 Å². The average Bonchev–Trinajstić information content (AvgIpc) is 2.02. The van der Waals surface area contributed by atoms with Gasteiger partial charge in [-0.3, -0.25) is 0 Å². The Hall–Kier alpha value is -0.0800. The summed E-state index contributed by atoms with van der Waals surface area (Å²) in [6, 6.07) is 0.229. The van der Waals surface area contributed by atoms with Crippen molar-refractivity contribution in [1.82, 2.24) is 5.32 Å². The van der Waals surface area contributed by atoms with Crippen molar-refractivity contribution in [3.8, 4) is 0 Å². The number of hydrogen-bond acceptors (Lipinski definition) is 2. The first-order valence-corrected chi connectivity index (χ1v) is 5.22. The molecule has 0 aromatic heterocycles. The van der Waals surface area contributed by atoms with Crippen molar-refractivity contribution in [1.29, 1.82) is 0 Å². The van der Waals surface area contributed by atoms with Gasteiger partial charge in [0.25, 0.3) is 0 Å². The van der Waals surface area contributed by atoms with Gasteiger partial charge in [-0.15, -0.1) is 0 Å². The highest BCUT2D eigenvalue weighted by atomic mass is 16.3. The van der Waals surface area contributed by atoms with E-state index in [1.54, 1.807) is 0 Å². The molecular formula is C11H25NO. The van der Waals surface area contributed by atoms with E-state index in [2.05, 4.69) is 33.0 Å². The third-order valence-corrected chi connectivity index (χ3v) is 2.82. The zero-order valence-electron chi connectivity index (χ0n) is 9.72. The molecule has 0 fully saturated rings. The summed E-state index contributed by atoms with van der Waals surface area (Å²) in [6.07, 6.45) is 1.17. The van der Waals surface area contributed by atoms with Crippen LogP contribution < -0.4 is 5.32 Å². The summed E-state index contributed by atoms with van der Waals surface area (Å²) in [7, 11) is 0. The number of aliphatic hydroxyl groups is 1. The van der Waals surface area contributed by atoms with Crippen molar-refractivity contribution < 1.29 is 5.11 Å². The maximum absolute atomic E-state index is 8.80. The third kappa shape index (κ3) is 6.05. The van der Waals surface area contributed by atoms with Crippen molar-refractivity contribution >= 4 is 0 Å². The molecular weight excluding hydrogens is 162 g/mol. The Morgan fingerprint density at radius 2 is 1.77 bits per heavy atom. The van der Waals surface area contributed by atoms with E-state index in [9.17, 15) is 0 Å². The summed E-state index contributed by atoms with van der Waals surface area (Å²) in [5.74, 6) is 0.714. The van der Waals surface area contributed by atoms with E-state index in [-0.39, 0.29) is 12.6 Å². The second-order valence-corrected chi connectivity index (χ2v) is 5.09. The van der Waals surface area contributed by atoms with Gasteiger partial charge in [-0.25, -0.2) is 0 Å². The molecule has 0 rings (SSSR count). The Morgan fingerprint density at radius 1 is 1.23 bits per heavy atom. The monoisotopic (exact) mass is 187 g/mol. The van der Waals surface area contributed by atoms with E-state index in [4.69, 9.17) is 5.11 Å². The lowest BCUT2D eigenvalue weighted by Crippen LogP contribution is -2.32. The minimum Gasteiger partial charge on any atom is -0.395 e. The maximum atomic E-state index is 8.80. The zero-order chi connectivity index (χ0) is 10.5. The van der Waals surface area contributed by atoms with Crippen molar-refractivity contribution in [3.05, 3.63) is 0 Å². The Labute approximate surface area is 82.7 Å². The summed E-state index contributed by atoms with van der Waals surface area (Å²) in [5.41, 5.74) is 0.393. The standard InChI is InChI=1S/C11H25NO/c1-9(11(3,4)5)6-7-12-10(2)8-13/h9-10,12-13H,6-8H2,1-5H3. The fourth-order valence-corrected chi connectivity index (χ4v) is 1.04. The fraction of sp³-hybridized carbons (Fsp3) is 1.00. The van der Waals surface area contributed by atoms with Gasteiger partial charge in [0.05, 0.1) is 6.61 Å². The van der Waals surface area contributed by atoms with Crippen LogP contribution in [0.4, 0.5) is 0 Å².